The Labute approximate surface area is 91.6 Å². The van der Waals surface area contributed by atoms with Crippen molar-refractivity contribution in [2.24, 2.45) is 0 Å². The number of sulfone groups is 1. The SMILES string of the molecule is CCN(CCC(C)=O)C1CCS(=O)(=O)C1. The van der Waals surface area contributed by atoms with Gasteiger partial charge < -0.3 is 0 Å². The normalized spacial score (nSPS) is 24.6. The highest BCUT2D eigenvalue weighted by Gasteiger charge is 2.31. The van der Waals surface area contributed by atoms with Crippen molar-refractivity contribution in [2.75, 3.05) is 24.6 Å². The molecule has 15 heavy (non-hydrogen) atoms. The average Bonchev–Trinajstić information content (AvgIpc) is 2.47. The molecule has 1 aliphatic rings. The second kappa shape index (κ2) is 5.07. The van der Waals surface area contributed by atoms with E-state index >= 15 is 0 Å². The van der Waals surface area contributed by atoms with Crippen LogP contribution in [-0.4, -0.2) is 49.7 Å². The van der Waals surface area contributed by atoms with E-state index in [9.17, 15) is 13.2 Å². The molecule has 0 aromatic rings. The van der Waals surface area contributed by atoms with Crippen molar-refractivity contribution in [3.63, 3.8) is 0 Å². The third-order valence-corrected chi connectivity index (χ3v) is 4.63. The minimum Gasteiger partial charge on any atom is -0.300 e. The first-order valence-corrected chi connectivity index (χ1v) is 7.20. The molecule has 0 aromatic heterocycles. The zero-order chi connectivity index (χ0) is 11.5. The van der Waals surface area contributed by atoms with Gasteiger partial charge in [0.15, 0.2) is 9.84 Å². The Morgan fingerprint density at radius 3 is 2.53 bits per heavy atom. The smallest absolute Gasteiger partial charge is 0.151 e. The Kier molecular flexibility index (Phi) is 4.28. The molecule has 1 fully saturated rings. The molecule has 88 valence electrons. The van der Waals surface area contributed by atoms with Crippen LogP contribution in [0.2, 0.25) is 0 Å². The van der Waals surface area contributed by atoms with Crippen LogP contribution in [0.1, 0.15) is 26.7 Å². The Morgan fingerprint density at radius 1 is 1.47 bits per heavy atom. The zero-order valence-corrected chi connectivity index (χ0v) is 10.2. The Morgan fingerprint density at radius 2 is 2.13 bits per heavy atom. The van der Waals surface area contributed by atoms with Crippen molar-refractivity contribution < 1.29 is 13.2 Å². The number of hydrogen-bond donors (Lipinski definition) is 0. The Balaban J connectivity index is 2.49. The van der Waals surface area contributed by atoms with E-state index in [1.54, 1.807) is 6.92 Å². The number of nitrogens with zero attached hydrogens (tertiary/aromatic N) is 1. The highest BCUT2D eigenvalue weighted by Crippen LogP contribution is 2.17. The van der Waals surface area contributed by atoms with E-state index in [-0.39, 0.29) is 17.6 Å². The first-order valence-electron chi connectivity index (χ1n) is 5.38. The standard InChI is InChI=1S/C10H19NO3S/c1-3-11(6-4-9(2)12)10-5-7-15(13,14)8-10/h10H,3-8H2,1-2H3. The van der Waals surface area contributed by atoms with Crippen LogP contribution in [0.25, 0.3) is 0 Å². The number of carbonyl (C=O) groups is 1. The number of Topliss-reactive ketones (excluding diaryl/α,β-unsaturated/α-hetero) is 1. The maximum atomic E-state index is 11.3. The minimum atomic E-state index is -2.82. The predicted octanol–water partition coefficient (Wildman–Crippen LogP) is 0.475. The second-order valence-corrected chi connectivity index (χ2v) is 6.37. The maximum Gasteiger partial charge on any atom is 0.151 e. The van der Waals surface area contributed by atoms with E-state index in [1.807, 2.05) is 6.92 Å². The van der Waals surface area contributed by atoms with Crippen LogP contribution in [0.5, 0.6) is 0 Å². The molecule has 0 aromatic carbocycles. The van der Waals surface area contributed by atoms with Crippen LogP contribution < -0.4 is 0 Å². The zero-order valence-electron chi connectivity index (χ0n) is 9.40. The fourth-order valence-electron chi connectivity index (χ4n) is 1.96. The van der Waals surface area contributed by atoms with E-state index in [0.29, 0.717) is 25.1 Å². The molecule has 0 radical (unpaired) electrons. The molecule has 0 amide bonds. The van der Waals surface area contributed by atoms with Gasteiger partial charge in [-0.3, -0.25) is 9.69 Å². The van der Waals surface area contributed by atoms with Crippen molar-refractivity contribution >= 4 is 15.6 Å². The van der Waals surface area contributed by atoms with Crippen molar-refractivity contribution in [2.45, 2.75) is 32.7 Å². The topological polar surface area (TPSA) is 54.5 Å². The average molecular weight is 233 g/mol. The highest BCUT2D eigenvalue weighted by atomic mass is 32.2. The lowest BCUT2D eigenvalue weighted by atomic mass is 10.2. The Hall–Kier alpha value is -0.420. The van der Waals surface area contributed by atoms with Gasteiger partial charge in [0.25, 0.3) is 0 Å². The lowest BCUT2D eigenvalue weighted by molar-refractivity contribution is -0.117. The van der Waals surface area contributed by atoms with Gasteiger partial charge in [-0.1, -0.05) is 6.92 Å². The van der Waals surface area contributed by atoms with Crippen LogP contribution in [0.4, 0.5) is 0 Å². The first kappa shape index (κ1) is 12.6. The van der Waals surface area contributed by atoms with Gasteiger partial charge in [0.2, 0.25) is 0 Å². The summed E-state index contributed by atoms with van der Waals surface area (Å²) in [5, 5.41) is 0. The van der Waals surface area contributed by atoms with Gasteiger partial charge in [-0.25, -0.2) is 8.42 Å². The molecule has 1 unspecified atom stereocenters. The van der Waals surface area contributed by atoms with Crippen molar-refractivity contribution in [1.29, 1.82) is 0 Å². The number of ketones is 1. The molecule has 4 nitrogen and oxygen atoms in total. The minimum absolute atomic E-state index is 0.124. The van der Waals surface area contributed by atoms with Crippen molar-refractivity contribution in [1.82, 2.24) is 4.90 Å². The molecule has 1 atom stereocenters. The fraction of sp³-hybridized carbons (Fsp3) is 0.900. The first-order chi connectivity index (χ1) is 6.94. The van der Waals surface area contributed by atoms with E-state index in [4.69, 9.17) is 0 Å². The molecule has 0 bridgehead atoms. The summed E-state index contributed by atoms with van der Waals surface area (Å²) in [7, 11) is -2.82. The molecule has 0 spiro atoms. The fourth-order valence-corrected chi connectivity index (χ4v) is 3.72. The van der Waals surface area contributed by atoms with Crippen LogP contribution in [-0.2, 0) is 14.6 Å². The summed E-state index contributed by atoms with van der Waals surface area (Å²) >= 11 is 0. The summed E-state index contributed by atoms with van der Waals surface area (Å²) in [4.78, 5) is 13.0. The summed E-state index contributed by atoms with van der Waals surface area (Å²) < 4.78 is 22.6. The molecule has 1 saturated heterocycles. The molecule has 0 aliphatic carbocycles. The molecular weight excluding hydrogens is 214 g/mol. The molecule has 0 saturated carbocycles. The summed E-state index contributed by atoms with van der Waals surface area (Å²) in [6, 6.07) is 0.124. The lowest BCUT2D eigenvalue weighted by Gasteiger charge is -2.25. The molecule has 0 N–H and O–H groups in total. The summed E-state index contributed by atoms with van der Waals surface area (Å²) in [6.45, 7) is 5.07. The van der Waals surface area contributed by atoms with E-state index in [2.05, 4.69) is 4.90 Å². The highest BCUT2D eigenvalue weighted by molar-refractivity contribution is 7.91. The van der Waals surface area contributed by atoms with Gasteiger partial charge in [-0.2, -0.15) is 0 Å². The summed E-state index contributed by atoms with van der Waals surface area (Å²) in [5.74, 6) is 0.724. The molecular formula is C10H19NO3S. The molecule has 1 heterocycles. The third kappa shape index (κ3) is 3.91. The van der Waals surface area contributed by atoms with Gasteiger partial charge in [0.1, 0.15) is 5.78 Å². The van der Waals surface area contributed by atoms with Gasteiger partial charge in [-0.15, -0.1) is 0 Å². The molecule has 1 aliphatic heterocycles. The van der Waals surface area contributed by atoms with Crippen molar-refractivity contribution in [3.8, 4) is 0 Å². The van der Waals surface area contributed by atoms with Gasteiger partial charge in [-0.05, 0) is 19.9 Å². The second-order valence-electron chi connectivity index (χ2n) is 4.14. The van der Waals surface area contributed by atoms with Gasteiger partial charge in [0.05, 0.1) is 11.5 Å². The van der Waals surface area contributed by atoms with Gasteiger partial charge >= 0.3 is 0 Å². The van der Waals surface area contributed by atoms with Crippen molar-refractivity contribution in [3.05, 3.63) is 0 Å². The summed E-state index contributed by atoms with van der Waals surface area (Å²) in [5.41, 5.74) is 0. The molecule has 1 rings (SSSR count). The third-order valence-electron chi connectivity index (χ3n) is 2.88. The number of hydrogen-bond acceptors (Lipinski definition) is 4. The monoisotopic (exact) mass is 233 g/mol. The van der Waals surface area contributed by atoms with Crippen LogP contribution >= 0.6 is 0 Å². The number of carbonyl (C=O) groups excluding carboxylic acids is 1. The lowest BCUT2D eigenvalue weighted by Crippen LogP contribution is -2.37. The van der Waals surface area contributed by atoms with Gasteiger partial charge in [0, 0.05) is 19.0 Å². The number of rotatable bonds is 5. The largest absolute Gasteiger partial charge is 0.300 e. The van der Waals surface area contributed by atoms with Crippen LogP contribution in [0.3, 0.4) is 0 Å². The van der Waals surface area contributed by atoms with E-state index in [1.165, 1.54) is 0 Å². The molecule has 5 heteroatoms. The quantitative estimate of drug-likeness (QED) is 0.693. The predicted molar refractivity (Wildman–Crippen MR) is 59.6 cm³/mol. The Bertz CT molecular complexity index is 324. The van der Waals surface area contributed by atoms with E-state index in [0.717, 1.165) is 6.54 Å². The maximum absolute atomic E-state index is 11.3. The summed E-state index contributed by atoms with van der Waals surface area (Å²) in [6.07, 6.45) is 1.23. The van der Waals surface area contributed by atoms with Crippen LogP contribution in [0.15, 0.2) is 0 Å². The van der Waals surface area contributed by atoms with Crippen LogP contribution in [0, 0.1) is 0 Å². The van der Waals surface area contributed by atoms with E-state index < -0.39 is 9.84 Å².